The van der Waals surface area contributed by atoms with Gasteiger partial charge in [-0.3, -0.25) is 0 Å². The van der Waals surface area contributed by atoms with Crippen molar-refractivity contribution in [2.24, 2.45) is 5.92 Å². The molecule has 2 heterocycles. The molecule has 142 valence electrons. The molecule has 0 fully saturated rings. The van der Waals surface area contributed by atoms with E-state index in [2.05, 4.69) is 58.3 Å². The topological polar surface area (TPSA) is 123 Å². The van der Waals surface area contributed by atoms with Crippen molar-refractivity contribution in [3.63, 3.8) is 0 Å². The molecule has 8 heteroatoms. The average molecular weight is 368 g/mol. The van der Waals surface area contributed by atoms with Crippen molar-refractivity contribution in [3.05, 3.63) is 48.0 Å². The van der Waals surface area contributed by atoms with Crippen LogP contribution >= 0.6 is 0 Å². The first-order valence-electron chi connectivity index (χ1n) is 8.82. The Morgan fingerprint density at radius 1 is 1.15 bits per heavy atom. The molecule has 0 aliphatic carbocycles. The Kier molecular flexibility index (Phi) is 5.36. The van der Waals surface area contributed by atoms with Crippen molar-refractivity contribution < 1.29 is 9.63 Å². The van der Waals surface area contributed by atoms with E-state index in [-0.39, 0.29) is 18.5 Å². The van der Waals surface area contributed by atoms with Crippen molar-refractivity contribution in [1.29, 1.82) is 0 Å². The fourth-order valence-electron chi connectivity index (χ4n) is 2.89. The van der Waals surface area contributed by atoms with Gasteiger partial charge in [-0.25, -0.2) is 9.97 Å². The van der Waals surface area contributed by atoms with Gasteiger partial charge in [0.25, 0.3) is 0 Å². The van der Waals surface area contributed by atoms with Crippen LogP contribution in [0, 0.1) is 5.92 Å². The van der Waals surface area contributed by atoms with Crippen LogP contribution in [0.4, 0.5) is 12.0 Å². The maximum Gasteiger partial charge on any atom is 0.321 e. The smallest absolute Gasteiger partial charge is 0.321 e. The maximum absolute atomic E-state index is 8.93. The molecule has 8 nitrogen and oxygen atoms in total. The zero-order valence-corrected chi connectivity index (χ0v) is 15.7. The third-order valence-electron chi connectivity index (χ3n) is 4.92. The van der Waals surface area contributed by atoms with E-state index in [0.717, 1.165) is 16.7 Å². The second-order valence-corrected chi connectivity index (χ2v) is 6.84. The van der Waals surface area contributed by atoms with Gasteiger partial charge < -0.3 is 20.7 Å². The Balaban J connectivity index is 1.92. The molecule has 3 rings (SSSR count). The summed E-state index contributed by atoms with van der Waals surface area (Å²) >= 11 is 0. The number of anilines is 2. The first kappa shape index (κ1) is 18.8. The summed E-state index contributed by atoms with van der Waals surface area (Å²) in [5.74, 6) is 1.08. The number of nitrogens with zero attached hydrogens (tertiary/aromatic N) is 4. The lowest BCUT2D eigenvalue weighted by molar-refractivity contribution is 0.308. The van der Waals surface area contributed by atoms with Gasteiger partial charge in [-0.15, -0.1) is 0 Å². The summed E-state index contributed by atoms with van der Waals surface area (Å²) in [5, 5.41) is 16.0. The molecular formula is C19H24N6O2. The SMILES string of the molecule is CC(C)C(C)(c1ccc(-c2cnc(N)nc2)cc1)c1noc(NCCO)n1. The largest absolute Gasteiger partial charge is 0.395 e. The number of nitrogen functional groups attached to an aromatic ring is 1. The van der Waals surface area contributed by atoms with Crippen LogP contribution in [-0.2, 0) is 5.41 Å². The number of aliphatic hydroxyl groups excluding tert-OH is 1. The normalized spacial score (nSPS) is 13.5. The Morgan fingerprint density at radius 3 is 2.41 bits per heavy atom. The molecule has 1 aromatic carbocycles. The summed E-state index contributed by atoms with van der Waals surface area (Å²) in [7, 11) is 0. The minimum Gasteiger partial charge on any atom is -0.395 e. The highest BCUT2D eigenvalue weighted by Gasteiger charge is 2.37. The number of nitrogens with two attached hydrogens (primary N) is 1. The Morgan fingerprint density at radius 2 is 1.81 bits per heavy atom. The average Bonchev–Trinajstić information content (AvgIpc) is 3.15. The van der Waals surface area contributed by atoms with Gasteiger partial charge >= 0.3 is 6.01 Å². The van der Waals surface area contributed by atoms with E-state index in [0.29, 0.717) is 18.4 Å². The maximum atomic E-state index is 8.93. The van der Waals surface area contributed by atoms with Gasteiger partial charge in [-0.05, 0) is 24.0 Å². The van der Waals surface area contributed by atoms with E-state index in [1.807, 2.05) is 12.1 Å². The lowest BCUT2D eigenvalue weighted by atomic mass is 9.72. The monoisotopic (exact) mass is 368 g/mol. The van der Waals surface area contributed by atoms with E-state index in [1.54, 1.807) is 12.4 Å². The molecule has 0 aliphatic heterocycles. The highest BCUT2D eigenvalue weighted by atomic mass is 16.5. The van der Waals surface area contributed by atoms with Gasteiger partial charge in [0.15, 0.2) is 5.82 Å². The van der Waals surface area contributed by atoms with Crippen molar-refractivity contribution in [1.82, 2.24) is 20.1 Å². The molecule has 2 aromatic heterocycles. The van der Waals surface area contributed by atoms with Crippen LogP contribution in [-0.4, -0.2) is 38.4 Å². The van der Waals surface area contributed by atoms with Crippen molar-refractivity contribution in [2.45, 2.75) is 26.2 Å². The Hall–Kier alpha value is -3.00. The van der Waals surface area contributed by atoms with Crippen LogP contribution in [0.5, 0.6) is 0 Å². The molecule has 0 spiro atoms. The number of benzene rings is 1. The van der Waals surface area contributed by atoms with Crippen molar-refractivity contribution in [3.8, 4) is 11.1 Å². The first-order valence-corrected chi connectivity index (χ1v) is 8.82. The van der Waals surface area contributed by atoms with E-state index < -0.39 is 5.41 Å². The van der Waals surface area contributed by atoms with Crippen LogP contribution in [0.25, 0.3) is 11.1 Å². The van der Waals surface area contributed by atoms with Gasteiger partial charge in [0.2, 0.25) is 5.95 Å². The summed E-state index contributed by atoms with van der Waals surface area (Å²) in [6, 6.07) is 8.47. The minimum absolute atomic E-state index is 0.00449. The zero-order chi connectivity index (χ0) is 19.4. The van der Waals surface area contributed by atoms with Gasteiger partial charge in [0.1, 0.15) is 0 Å². The van der Waals surface area contributed by atoms with E-state index in [9.17, 15) is 0 Å². The first-order chi connectivity index (χ1) is 12.9. The lowest BCUT2D eigenvalue weighted by Gasteiger charge is -2.31. The molecule has 0 aliphatic rings. The number of aliphatic hydroxyl groups is 1. The quantitative estimate of drug-likeness (QED) is 0.581. The van der Waals surface area contributed by atoms with Crippen molar-refractivity contribution >= 4 is 12.0 Å². The summed E-state index contributed by atoms with van der Waals surface area (Å²) in [6.07, 6.45) is 3.41. The summed E-state index contributed by atoms with van der Waals surface area (Å²) in [4.78, 5) is 12.6. The van der Waals surface area contributed by atoms with E-state index >= 15 is 0 Å². The molecule has 1 unspecified atom stereocenters. The third kappa shape index (κ3) is 3.75. The number of hydrogen-bond donors (Lipinski definition) is 3. The highest BCUT2D eigenvalue weighted by Crippen LogP contribution is 2.38. The summed E-state index contributed by atoms with van der Waals surface area (Å²) in [5.41, 5.74) is 8.10. The predicted octanol–water partition coefficient (Wildman–Crippen LogP) is 2.48. The second-order valence-electron chi connectivity index (χ2n) is 6.84. The molecule has 3 aromatic rings. The predicted molar refractivity (Wildman–Crippen MR) is 103 cm³/mol. The van der Waals surface area contributed by atoms with Crippen LogP contribution in [0.2, 0.25) is 0 Å². The van der Waals surface area contributed by atoms with Crippen LogP contribution in [0.15, 0.2) is 41.2 Å². The van der Waals surface area contributed by atoms with Crippen LogP contribution in [0.3, 0.4) is 0 Å². The second kappa shape index (κ2) is 7.71. The number of rotatable bonds is 7. The highest BCUT2D eigenvalue weighted by molar-refractivity contribution is 5.62. The number of hydrogen-bond acceptors (Lipinski definition) is 8. The summed E-state index contributed by atoms with van der Waals surface area (Å²) < 4.78 is 5.28. The molecular weight excluding hydrogens is 344 g/mol. The minimum atomic E-state index is -0.432. The van der Waals surface area contributed by atoms with Crippen LogP contribution < -0.4 is 11.1 Å². The standard InChI is InChI=1S/C19H24N6O2/c1-12(2)19(3,16-24-18(27-25-16)21-8-9-26)15-6-4-13(5-7-15)14-10-22-17(20)23-11-14/h4-7,10-12,26H,8-9H2,1-3H3,(H2,20,22,23)(H,21,24,25). The van der Waals surface area contributed by atoms with Gasteiger partial charge in [0.05, 0.1) is 12.0 Å². The third-order valence-corrected chi connectivity index (χ3v) is 4.92. The van der Waals surface area contributed by atoms with E-state index in [4.69, 9.17) is 15.4 Å². The Bertz CT molecular complexity index is 876. The Labute approximate surface area is 157 Å². The molecule has 0 amide bonds. The fourth-order valence-corrected chi connectivity index (χ4v) is 2.89. The number of aromatic nitrogens is 4. The summed E-state index contributed by atoms with van der Waals surface area (Å²) in [6.45, 7) is 6.70. The molecule has 0 saturated carbocycles. The molecule has 0 radical (unpaired) electrons. The van der Waals surface area contributed by atoms with Gasteiger partial charge in [-0.2, -0.15) is 4.98 Å². The van der Waals surface area contributed by atoms with Crippen molar-refractivity contribution in [2.75, 3.05) is 24.2 Å². The molecule has 4 N–H and O–H groups in total. The van der Waals surface area contributed by atoms with Gasteiger partial charge in [0, 0.05) is 24.5 Å². The van der Waals surface area contributed by atoms with E-state index in [1.165, 1.54) is 0 Å². The van der Waals surface area contributed by atoms with Gasteiger partial charge in [-0.1, -0.05) is 43.3 Å². The fraction of sp³-hybridized carbons (Fsp3) is 0.368. The zero-order valence-electron chi connectivity index (χ0n) is 15.7. The number of nitrogens with one attached hydrogen (secondary N) is 1. The molecule has 1 atom stereocenters. The molecule has 0 saturated heterocycles. The molecule has 27 heavy (non-hydrogen) atoms. The molecule has 0 bridgehead atoms. The lowest BCUT2D eigenvalue weighted by Crippen LogP contribution is -2.31. The van der Waals surface area contributed by atoms with Crippen LogP contribution in [0.1, 0.15) is 32.2 Å².